The van der Waals surface area contributed by atoms with Crippen molar-refractivity contribution in [2.45, 2.75) is 44.6 Å². The molecule has 0 radical (unpaired) electrons. The highest BCUT2D eigenvalue weighted by Crippen LogP contribution is 2.10. The molecule has 1 atom stereocenters. The quantitative estimate of drug-likeness (QED) is 0.361. The van der Waals surface area contributed by atoms with E-state index in [-0.39, 0.29) is 24.5 Å². The Morgan fingerprint density at radius 2 is 1.83 bits per heavy atom. The Balaban J connectivity index is 1.97. The zero-order valence-electron chi connectivity index (χ0n) is 14.3. The molecule has 0 heterocycles. The minimum absolute atomic E-state index is 0.0223. The molecule has 7 nitrogen and oxygen atoms in total. The van der Waals surface area contributed by atoms with Gasteiger partial charge in [0.15, 0.2) is 0 Å². The van der Waals surface area contributed by atoms with Crippen LogP contribution in [0.1, 0.15) is 38.5 Å². The van der Waals surface area contributed by atoms with Crippen molar-refractivity contribution in [3.8, 4) is 11.8 Å². The third kappa shape index (κ3) is 11.0. The molecule has 4 N–H and O–H groups in total. The zero-order valence-corrected chi connectivity index (χ0v) is 14.3. The van der Waals surface area contributed by atoms with Crippen LogP contribution >= 0.6 is 0 Å². The van der Waals surface area contributed by atoms with Crippen molar-refractivity contribution in [3.05, 3.63) is 0 Å². The number of nitrogens with two attached hydrogens (primary N) is 1. The molecule has 0 aromatic carbocycles. The van der Waals surface area contributed by atoms with Gasteiger partial charge in [-0.15, -0.1) is 5.92 Å². The molecule has 0 saturated heterocycles. The van der Waals surface area contributed by atoms with Crippen molar-refractivity contribution in [1.29, 1.82) is 0 Å². The molecular formula is C17H29N3O4. The molecule has 1 aliphatic rings. The van der Waals surface area contributed by atoms with Gasteiger partial charge in [0.2, 0.25) is 11.8 Å². The van der Waals surface area contributed by atoms with Crippen molar-refractivity contribution >= 4 is 11.8 Å². The van der Waals surface area contributed by atoms with E-state index in [1.165, 1.54) is 6.42 Å². The van der Waals surface area contributed by atoms with Gasteiger partial charge in [0, 0.05) is 32.5 Å². The number of nitrogens with one attached hydrogen (secondary N) is 2. The highest BCUT2D eigenvalue weighted by atomic mass is 16.5. The van der Waals surface area contributed by atoms with Crippen LogP contribution in [-0.4, -0.2) is 57.4 Å². The van der Waals surface area contributed by atoms with E-state index in [2.05, 4.69) is 22.5 Å². The summed E-state index contributed by atoms with van der Waals surface area (Å²) in [6.07, 6.45) is 5.40. The normalized spacial score (nSPS) is 17.1. The van der Waals surface area contributed by atoms with Crippen molar-refractivity contribution in [3.63, 3.8) is 0 Å². The van der Waals surface area contributed by atoms with Crippen LogP contribution in [-0.2, 0) is 19.1 Å². The summed E-state index contributed by atoms with van der Waals surface area (Å²) < 4.78 is 10.9. The molecule has 1 unspecified atom stereocenters. The molecule has 136 valence electrons. The van der Waals surface area contributed by atoms with E-state index < -0.39 is 0 Å². The maximum Gasteiger partial charge on any atom is 0.246 e. The predicted molar refractivity (Wildman–Crippen MR) is 91.1 cm³/mol. The standard InChI is InChI=1S/C17H29N3O4/c18-9-8-16(21)19-10-12-23-13-11-20-17(22)14-24-15-6-4-2-1-3-5-7-15/h15H,1-4,6,8-14,18H2,(H,19,21)(H,20,22). The average molecular weight is 339 g/mol. The Hall–Kier alpha value is -1.62. The predicted octanol–water partition coefficient (Wildman–Crippen LogP) is -0.0631. The zero-order chi connectivity index (χ0) is 17.5. The summed E-state index contributed by atoms with van der Waals surface area (Å²) in [6.45, 7) is 2.01. The fourth-order valence-electron chi connectivity index (χ4n) is 2.18. The average Bonchev–Trinajstić information content (AvgIpc) is 2.53. The molecule has 1 aliphatic carbocycles. The molecule has 1 rings (SSSR count). The molecule has 0 aliphatic heterocycles. The minimum atomic E-state index is -0.168. The second-order valence-corrected chi connectivity index (χ2v) is 5.57. The summed E-state index contributed by atoms with van der Waals surface area (Å²) in [4.78, 5) is 22.8. The SMILES string of the molecule is NCCC(=O)NCCOCCNC(=O)COC1C#CCCCCC1. The van der Waals surface area contributed by atoms with Crippen molar-refractivity contribution in [1.82, 2.24) is 10.6 Å². The topological polar surface area (TPSA) is 103 Å². The van der Waals surface area contributed by atoms with Gasteiger partial charge in [0.1, 0.15) is 12.7 Å². The summed E-state index contributed by atoms with van der Waals surface area (Å²) in [5.41, 5.74) is 5.26. The van der Waals surface area contributed by atoms with Crippen LogP contribution in [0, 0.1) is 11.8 Å². The third-order valence-corrected chi connectivity index (χ3v) is 3.46. The lowest BCUT2D eigenvalue weighted by Crippen LogP contribution is -2.33. The Morgan fingerprint density at radius 3 is 2.58 bits per heavy atom. The molecule has 0 saturated carbocycles. The molecule has 24 heavy (non-hydrogen) atoms. The molecule has 2 amide bonds. The van der Waals surface area contributed by atoms with Gasteiger partial charge in [-0.3, -0.25) is 9.59 Å². The van der Waals surface area contributed by atoms with Gasteiger partial charge in [-0.05, 0) is 19.3 Å². The van der Waals surface area contributed by atoms with Crippen LogP contribution in [0.3, 0.4) is 0 Å². The lowest BCUT2D eigenvalue weighted by atomic mass is 10.1. The maximum atomic E-state index is 11.7. The largest absolute Gasteiger partial charge is 0.378 e. The van der Waals surface area contributed by atoms with Gasteiger partial charge < -0.3 is 25.8 Å². The van der Waals surface area contributed by atoms with Crippen LogP contribution < -0.4 is 16.4 Å². The van der Waals surface area contributed by atoms with E-state index in [0.29, 0.717) is 39.3 Å². The second kappa shape index (κ2) is 13.8. The molecule has 0 fully saturated rings. The van der Waals surface area contributed by atoms with E-state index in [9.17, 15) is 9.59 Å². The van der Waals surface area contributed by atoms with Crippen LogP contribution in [0.2, 0.25) is 0 Å². The number of ether oxygens (including phenoxy) is 2. The number of hydrogen-bond acceptors (Lipinski definition) is 5. The van der Waals surface area contributed by atoms with Gasteiger partial charge >= 0.3 is 0 Å². The first-order chi connectivity index (χ1) is 11.7. The number of hydrogen-bond donors (Lipinski definition) is 3. The maximum absolute atomic E-state index is 11.7. The highest BCUT2D eigenvalue weighted by Gasteiger charge is 2.10. The Labute approximate surface area is 144 Å². The summed E-state index contributed by atoms with van der Waals surface area (Å²) in [5.74, 6) is 5.90. The van der Waals surface area contributed by atoms with E-state index in [4.69, 9.17) is 15.2 Å². The van der Waals surface area contributed by atoms with Gasteiger partial charge in [0.25, 0.3) is 0 Å². The lowest BCUT2D eigenvalue weighted by molar-refractivity contribution is -0.127. The van der Waals surface area contributed by atoms with E-state index >= 15 is 0 Å². The van der Waals surface area contributed by atoms with Crippen molar-refractivity contribution < 1.29 is 19.1 Å². The Bertz CT molecular complexity index is 431. The monoisotopic (exact) mass is 339 g/mol. The summed E-state index contributed by atoms with van der Waals surface area (Å²) in [7, 11) is 0. The van der Waals surface area contributed by atoms with E-state index in [1.54, 1.807) is 0 Å². The fraction of sp³-hybridized carbons (Fsp3) is 0.765. The molecule has 0 aromatic rings. The van der Waals surface area contributed by atoms with Gasteiger partial charge in [0.05, 0.1) is 13.2 Å². The van der Waals surface area contributed by atoms with Crippen LogP contribution in [0.15, 0.2) is 0 Å². The first-order valence-corrected chi connectivity index (χ1v) is 8.63. The van der Waals surface area contributed by atoms with Crippen molar-refractivity contribution in [2.24, 2.45) is 5.73 Å². The number of rotatable bonds is 11. The van der Waals surface area contributed by atoms with Crippen molar-refractivity contribution in [2.75, 3.05) is 39.5 Å². The molecule has 0 bridgehead atoms. The molecule has 7 heteroatoms. The van der Waals surface area contributed by atoms with Gasteiger partial charge in [-0.2, -0.15) is 0 Å². The molecule has 0 aromatic heterocycles. The molecule has 0 spiro atoms. The summed E-state index contributed by atoms with van der Waals surface area (Å²) in [6, 6.07) is 0. The Kier molecular flexibility index (Phi) is 11.7. The lowest BCUT2D eigenvalue weighted by Gasteiger charge is -2.13. The van der Waals surface area contributed by atoms with Crippen LogP contribution in [0.4, 0.5) is 0 Å². The smallest absolute Gasteiger partial charge is 0.246 e. The number of carbonyl (C=O) groups is 2. The van der Waals surface area contributed by atoms with Crippen LogP contribution in [0.5, 0.6) is 0 Å². The van der Waals surface area contributed by atoms with Gasteiger partial charge in [-0.25, -0.2) is 0 Å². The summed E-state index contributed by atoms with van der Waals surface area (Å²) in [5, 5.41) is 5.41. The highest BCUT2D eigenvalue weighted by molar-refractivity contribution is 5.77. The van der Waals surface area contributed by atoms with E-state index in [1.807, 2.05) is 0 Å². The molecular weight excluding hydrogens is 310 g/mol. The minimum Gasteiger partial charge on any atom is -0.378 e. The first-order valence-electron chi connectivity index (χ1n) is 8.63. The summed E-state index contributed by atoms with van der Waals surface area (Å²) >= 11 is 0. The first kappa shape index (κ1) is 20.4. The third-order valence-electron chi connectivity index (χ3n) is 3.46. The van der Waals surface area contributed by atoms with Crippen LogP contribution in [0.25, 0.3) is 0 Å². The van der Waals surface area contributed by atoms with E-state index in [0.717, 1.165) is 25.7 Å². The number of carbonyl (C=O) groups excluding carboxylic acids is 2. The number of amides is 2. The Morgan fingerprint density at radius 1 is 1.08 bits per heavy atom. The van der Waals surface area contributed by atoms with Gasteiger partial charge in [-0.1, -0.05) is 12.3 Å². The second-order valence-electron chi connectivity index (χ2n) is 5.57. The fourth-order valence-corrected chi connectivity index (χ4v) is 2.18.